The highest BCUT2D eigenvalue weighted by molar-refractivity contribution is 5.73. The van der Waals surface area contributed by atoms with E-state index in [1.807, 2.05) is 13.8 Å². The van der Waals surface area contributed by atoms with E-state index in [0.29, 0.717) is 18.4 Å². The number of nitrogens with one attached hydrogen (secondary N) is 1. The summed E-state index contributed by atoms with van der Waals surface area (Å²) in [5.74, 6) is -1.31. The van der Waals surface area contributed by atoms with Gasteiger partial charge in [-0.3, -0.25) is 9.59 Å². The maximum atomic E-state index is 10.2. The van der Waals surface area contributed by atoms with Crippen LogP contribution >= 0.6 is 0 Å². The van der Waals surface area contributed by atoms with Crippen LogP contribution in [0.3, 0.4) is 0 Å². The Morgan fingerprint density at radius 1 is 1.20 bits per heavy atom. The fraction of sp³-hybridized carbons (Fsp3) is 0.857. The van der Waals surface area contributed by atoms with Gasteiger partial charge in [0.15, 0.2) is 0 Å². The molecule has 1 aliphatic rings. The van der Waals surface area contributed by atoms with Crippen LogP contribution in [0.15, 0.2) is 0 Å². The zero-order valence-corrected chi connectivity index (χ0v) is 12.5. The third-order valence-electron chi connectivity index (χ3n) is 3.19. The van der Waals surface area contributed by atoms with Crippen LogP contribution < -0.4 is 11.1 Å². The van der Waals surface area contributed by atoms with Crippen LogP contribution in [0.5, 0.6) is 0 Å². The topological polar surface area (TPSA) is 113 Å². The maximum absolute atomic E-state index is 10.2. The van der Waals surface area contributed by atoms with Crippen molar-refractivity contribution in [2.75, 3.05) is 6.54 Å². The van der Waals surface area contributed by atoms with Crippen LogP contribution in [-0.4, -0.2) is 40.8 Å². The van der Waals surface area contributed by atoms with Crippen molar-refractivity contribution >= 4 is 11.9 Å². The predicted octanol–water partition coefficient (Wildman–Crippen LogP) is 1.44. The summed E-state index contributed by atoms with van der Waals surface area (Å²) in [4.78, 5) is 20.3. The summed E-state index contributed by atoms with van der Waals surface area (Å²) in [5.41, 5.74) is 5.22. The minimum Gasteiger partial charge on any atom is -0.480 e. The minimum absolute atomic E-state index is 0.116. The first kappa shape index (κ1) is 18.9. The third kappa shape index (κ3) is 10.8. The molecule has 0 spiro atoms. The highest BCUT2D eigenvalue weighted by Crippen LogP contribution is 2.16. The van der Waals surface area contributed by atoms with Crippen molar-refractivity contribution in [2.45, 2.75) is 64.5 Å². The molecule has 1 rings (SSSR count). The van der Waals surface area contributed by atoms with Crippen molar-refractivity contribution in [2.24, 2.45) is 11.7 Å². The van der Waals surface area contributed by atoms with E-state index >= 15 is 0 Å². The Morgan fingerprint density at radius 3 is 2.10 bits per heavy atom. The van der Waals surface area contributed by atoms with Crippen LogP contribution in [0, 0.1) is 5.92 Å². The van der Waals surface area contributed by atoms with E-state index in [0.717, 1.165) is 12.8 Å². The van der Waals surface area contributed by atoms with Crippen molar-refractivity contribution in [1.29, 1.82) is 0 Å². The van der Waals surface area contributed by atoms with Gasteiger partial charge < -0.3 is 21.3 Å². The molecule has 1 fully saturated rings. The number of rotatable bonds is 6. The molecule has 6 nitrogen and oxygen atoms in total. The van der Waals surface area contributed by atoms with Gasteiger partial charge in [-0.1, -0.05) is 33.1 Å². The molecule has 0 aliphatic heterocycles. The molecule has 0 aromatic heterocycles. The molecule has 0 aromatic carbocycles. The molecule has 0 aromatic rings. The maximum Gasteiger partial charge on any atom is 0.320 e. The average molecular weight is 288 g/mol. The molecule has 0 radical (unpaired) electrons. The van der Waals surface area contributed by atoms with E-state index in [4.69, 9.17) is 15.9 Å². The highest BCUT2D eigenvalue weighted by atomic mass is 16.4. The van der Waals surface area contributed by atoms with Crippen molar-refractivity contribution < 1.29 is 19.8 Å². The second kappa shape index (κ2) is 10.6. The SMILES string of the molecule is CC(C)C[C@H](N)C(=O)O.O=C(O)CNC1CCCCC1. The molecule has 0 bridgehead atoms. The van der Waals surface area contributed by atoms with Crippen molar-refractivity contribution in [3.8, 4) is 0 Å². The monoisotopic (exact) mass is 288 g/mol. The van der Waals surface area contributed by atoms with Gasteiger partial charge in [-0.05, 0) is 25.2 Å². The first-order chi connectivity index (χ1) is 9.32. The second-order valence-electron chi connectivity index (χ2n) is 5.68. The van der Waals surface area contributed by atoms with E-state index in [2.05, 4.69) is 5.32 Å². The van der Waals surface area contributed by atoms with E-state index in [1.54, 1.807) is 0 Å². The van der Waals surface area contributed by atoms with Crippen molar-refractivity contribution in [1.82, 2.24) is 5.32 Å². The van der Waals surface area contributed by atoms with Crippen molar-refractivity contribution in [3.05, 3.63) is 0 Å². The summed E-state index contributed by atoms with van der Waals surface area (Å²) in [6.45, 7) is 4.01. The minimum atomic E-state index is -0.913. The zero-order valence-electron chi connectivity index (χ0n) is 12.5. The highest BCUT2D eigenvalue weighted by Gasteiger charge is 2.13. The molecule has 20 heavy (non-hydrogen) atoms. The van der Waals surface area contributed by atoms with Gasteiger partial charge in [0, 0.05) is 6.04 Å². The first-order valence-corrected chi connectivity index (χ1v) is 7.26. The Bertz CT molecular complexity index is 289. The molecule has 1 atom stereocenters. The zero-order chi connectivity index (χ0) is 15.5. The Balaban J connectivity index is 0.000000370. The van der Waals surface area contributed by atoms with Crippen LogP contribution in [0.25, 0.3) is 0 Å². The number of aliphatic carboxylic acids is 2. The van der Waals surface area contributed by atoms with Crippen LogP contribution in [0.4, 0.5) is 0 Å². The fourth-order valence-corrected chi connectivity index (χ4v) is 2.15. The van der Waals surface area contributed by atoms with Gasteiger partial charge in [0.2, 0.25) is 0 Å². The lowest BCUT2D eigenvalue weighted by Crippen LogP contribution is -2.34. The van der Waals surface area contributed by atoms with Gasteiger partial charge in [0.05, 0.1) is 6.54 Å². The van der Waals surface area contributed by atoms with Crippen LogP contribution in [0.2, 0.25) is 0 Å². The van der Waals surface area contributed by atoms with E-state index < -0.39 is 18.0 Å². The lowest BCUT2D eigenvalue weighted by Gasteiger charge is -2.21. The Kier molecular flexibility index (Phi) is 10.0. The first-order valence-electron chi connectivity index (χ1n) is 7.26. The summed E-state index contributed by atoms with van der Waals surface area (Å²) in [5, 5.41) is 19.7. The Morgan fingerprint density at radius 2 is 1.75 bits per heavy atom. The molecule has 1 saturated carbocycles. The molecule has 0 unspecified atom stereocenters. The molecule has 1 aliphatic carbocycles. The van der Waals surface area contributed by atoms with E-state index in [1.165, 1.54) is 19.3 Å². The second-order valence-corrected chi connectivity index (χ2v) is 5.68. The number of hydrogen-bond acceptors (Lipinski definition) is 4. The largest absolute Gasteiger partial charge is 0.480 e. The molecule has 5 N–H and O–H groups in total. The molecule has 0 amide bonds. The average Bonchev–Trinajstić information content (AvgIpc) is 2.37. The molecular weight excluding hydrogens is 260 g/mol. The molecule has 0 heterocycles. The number of carbonyl (C=O) groups is 2. The summed E-state index contributed by atoms with van der Waals surface area (Å²) >= 11 is 0. The fourth-order valence-electron chi connectivity index (χ4n) is 2.15. The van der Waals surface area contributed by atoms with Crippen LogP contribution in [-0.2, 0) is 9.59 Å². The standard InChI is InChI=1S/C8H15NO2.C6H13NO2/c10-8(11)6-9-7-4-2-1-3-5-7;1-4(2)3-5(7)6(8)9/h7,9H,1-6H2,(H,10,11);4-5H,3,7H2,1-2H3,(H,8,9)/t;5-/m.0/s1. The van der Waals surface area contributed by atoms with Gasteiger partial charge in [0.25, 0.3) is 0 Å². The normalized spacial score (nSPS) is 17.2. The molecular formula is C14H28N2O4. The lowest BCUT2D eigenvalue weighted by atomic mass is 9.96. The molecule has 6 heteroatoms. The lowest BCUT2D eigenvalue weighted by molar-refractivity contribution is -0.139. The predicted molar refractivity (Wildman–Crippen MR) is 77.6 cm³/mol. The summed E-state index contributed by atoms with van der Waals surface area (Å²) in [6, 6.07) is -0.232. The Labute approximate surface area is 120 Å². The Hall–Kier alpha value is -1.14. The summed E-state index contributed by atoms with van der Waals surface area (Å²) in [6.07, 6.45) is 6.65. The van der Waals surface area contributed by atoms with Gasteiger partial charge in [-0.25, -0.2) is 0 Å². The van der Waals surface area contributed by atoms with Gasteiger partial charge >= 0.3 is 11.9 Å². The quantitative estimate of drug-likeness (QED) is 0.588. The van der Waals surface area contributed by atoms with Crippen LogP contribution in [0.1, 0.15) is 52.4 Å². The summed E-state index contributed by atoms with van der Waals surface area (Å²) in [7, 11) is 0. The third-order valence-corrected chi connectivity index (χ3v) is 3.19. The number of nitrogens with two attached hydrogens (primary N) is 1. The van der Waals surface area contributed by atoms with Gasteiger partial charge in [-0.15, -0.1) is 0 Å². The number of hydrogen-bond donors (Lipinski definition) is 4. The summed E-state index contributed by atoms with van der Waals surface area (Å²) < 4.78 is 0. The van der Waals surface area contributed by atoms with E-state index in [9.17, 15) is 9.59 Å². The van der Waals surface area contributed by atoms with Gasteiger partial charge in [-0.2, -0.15) is 0 Å². The van der Waals surface area contributed by atoms with E-state index in [-0.39, 0.29) is 6.54 Å². The van der Waals surface area contributed by atoms with Gasteiger partial charge in [0.1, 0.15) is 6.04 Å². The molecule has 118 valence electrons. The van der Waals surface area contributed by atoms with Crippen molar-refractivity contribution in [3.63, 3.8) is 0 Å². The number of carboxylic acids is 2. The number of carboxylic acid groups (broad SMARTS) is 2. The smallest absolute Gasteiger partial charge is 0.320 e. The molecule has 0 saturated heterocycles.